The zero-order chi connectivity index (χ0) is 17.5. The molecule has 6 heteroatoms. The van der Waals surface area contributed by atoms with Crippen molar-refractivity contribution < 1.29 is 5.11 Å². The minimum Gasteiger partial charge on any atom is -0.390 e. The summed E-state index contributed by atoms with van der Waals surface area (Å²) in [6.07, 6.45) is 5.69. The highest BCUT2D eigenvalue weighted by Gasteiger charge is 2.19. The molecule has 1 unspecified atom stereocenters. The molecule has 0 aromatic heterocycles. The number of nitrogens with one attached hydrogen (secondary N) is 2. The van der Waals surface area contributed by atoms with Crippen LogP contribution in [0.2, 0.25) is 0 Å². The molecule has 1 aliphatic heterocycles. The number of benzene rings is 1. The van der Waals surface area contributed by atoms with Gasteiger partial charge in [0.2, 0.25) is 0 Å². The average molecular weight is 472 g/mol. The first kappa shape index (κ1) is 21.4. The Labute approximate surface area is 174 Å². The third kappa shape index (κ3) is 6.39. The summed E-state index contributed by atoms with van der Waals surface area (Å²) in [4.78, 5) is 6.94. The molecule has 3 N–H and O–H groups in total. The zero-order valence-corrected chi connectivity index (χ0v) is 18.1. The SMILES string of the molecule is CCNC(=NCC(O)CN1CCc2ccccc2C1)NC1CCCC1.I. The minimum atomic E-state index is -0.427. The van der Waals surface area contributed by atoms with Crippen LogP contribution >= 0.6 is 24.0 Å². The Morgan fingerprint density at radius 1 is 1.27 bits per heavy atom. The van der Waals surface area contributed by atoms with Crippen LogP contribution in [0.5, 0.6) is 0 Å². The van der Waals surface area contributed by atoms with Gasteiger partial charge in [0.1, 0.15) is 0 Å². The molecule has 0 spiro atoms. The quantitative estimate of drug-likeness (QED) is 0.339. The molecule has 1 aromatic rings. The van der Waals surface area contributed by atoms with Crippen molar-refractivity contribution in [2.45, 2.75) is 57.7 Å². The van der Waals surface area contributed by atoms with Crippen molar-refractivity contribution in [2.24, 2.45) is 4.99 Å². The first-order chi connectivity index (χ1) is 12.2. The van der Waals surface area contributed by atoms with Crippen LogP contribution in [0.25, 0.3) is 0 Å². The van der Waals surface area contributed by atoms with Crippen LogP contribution in [0.15, 0.2) is 29.3 Å². The molecule has 0 bridgehead atoms. The molecule has 0 amide bonds. The molecule has 3 rings (SSSR count). The number of rotatable bonds is 6. The maximum atomic E-state index is 10.4. The monoisotopic (exact) mass is 472 g/mol. The molecule has 1 saturated carbocycles. The largest absolute Gasteiger partial charge is 0.390 e. The van der Waals surface area contributed by atoms with Gasteiger partial charge in [0.05, 0.1) is 12.6 Å². The number of β-amino-alcohol motifs (C(OH)–C–C–N with tert-alkyl or cyclic N) is 1. The standard InChI is InChI=1S/C20H32N4O.HI/c1-2-21-20(23-18-9-5-6-10-18)22-13-19(25)15-24-12-11-16-7-3-4-8-17(16)14-24;/h3-4,7-8,18-19,25H,2,5-6,9-15H2,1H3,(H2,21,22,23);1H. The van der Waals surface area contributed by atoms with Crippen LogP contribution in [0, 0.1) is 0 Å². The van der Waals surface area contributed by atoms with E-state index in [0.29, 0.717) is 19.1 Å². The number of fused-ring (bicyclic) bond motifs is 1. The van der Waals surface area contributed by atoms with Crippen molar-refractivity contribution in [1.82, 2.24) is 15.5 Å². The van der Waals surface area contributed by atoms with Gasteiger partial charge in [-0.1, -0.05) is 37.1 Å². The van der Waals surface area contributed by atoms with Crippen LogP contribution in [0.1, 0.15) is 43.7 Å². The highest BCUT2D eigenvalue weighted by molar-refractivity contribution is 14.0. The average Bonchev–Trinajstić information content (AvgIpc) is 3.13. The number of guanidine groups is 1. The minimum absolute atomic E-state index is 0. The van der Waals surface area contributed by atoms with Crippen molar-refractivity contribution in [3.63, 3.8) is 0 Å². The second-order valence-electron chi connectivity index (χ2n) is 7.25. The number of aliphatic hydroxyl groups is 1. The van der Waals surface area contributed by atoms with Gasteiger partial charge in [0.15, 0.2) is 5.96 Å². The van der Waals surface area contributed by atoms with E-state index < -0.39 is 6.10 Å². The molecule has 1 fully saturated rings. The molecule has 1 atom stereocenters. The van der Waals surface area contributed by atoms with Gasteiger partial charge in [-0.3, -0.25) is 9.89 Å². The third-order valence-electron chi connectivity index (χ3n) is 5.18. The summed E-state index contributed by atoms with van der Waals surface area (Å²) >= 11 is 0. The van der Waals surface area contributed by atoms with Crippen LogP contribution in [0.3, 0.4) is 0 Å². The summed E-state index contributed by atoms with van der Waals surface area (Å²) < 4.78 is 0. The van der Waals surface area contributed by atoms with Gasteiger partial charge in [-0.15, -0.1) is 24.0 Å². The fraction of sp³-hybridized carbons (Fsp3) is 0.650. The maximum absolute atomic E-state index is 10.4. The van der Waals surface area contributed by atoms with Gasteiger partial charge < -0.3 is 15.7 Å². The summed E-state index contributed by atoms with van der Waals surface area (Å²) in [5.74, 6) is 0.845. The van der Waals surface area contributed by atoms with E-state index in [9.17, 15) is 5.11 Å². The summed E-state index contributed by atoms with van der Waals surface area (Å²) in [7, 11) is 0. The predicted molar refractivity (Wildman–Crippen MR) is 118 cm³/mol. The Hall–Kier alpha value is -0.860. The number of aliphatic hydroxyl groups excluding tert-OH is 1. The normalized spacial score (nSPS) is 19.5. The van der Waals surface area contributed by atoms with E-state index in [1.807, 2.05) is 0 Å². The summed E-state index contributed by atoms with van der Waals surface area (Å²) in [6, 6.07) is 9.15. The van der Waals surface area contributed by atoms with Gasteiger partial charge in [0.25, 0.3) is 0 Å². The van der Waals surface area contributed by atoms with Crippen molar-refractivity contribution >= 4 is 29.9 Å². The van der Waals surface area contributed by atoms with Gasteiger partial charge >= 0.3 is 0 Å². The molecule has 146 valence electrons. The van der Waals surface area contributed by atoms with E-state index in [1.165, 1.54) is 36.8 Å². The molecule has 0 radical (unpaired) electrons. The lowest BCUT2D eigenvalue weighted by atomic mass is 10.00. The summed E-state index contributed by atoms with van der Waals surface area (Å²) in [5.41, 5.74) is 2.84. The number of nitrogens with zero attached hydrogens (tertiary/aromatic N) is 2. The lowest BCUT2D eigenvalue weighted by Gasteiger charge is -2.30. The molecule has 2 aliphatic rings. The van der Waals surface area contributed by atoms with E-state index in [0.717, 1.165) is 32.0 Å². The Bertz CT molecular complexity index is 575. The van der Waals surface area contributed by atoms with Crippen LogP contribution in [0.4, 0.5) is 0 Å². The second kappa shape index (κ2) is 11.1. The van der Waals surface area contributed by atoms with E-state index in [2.05, 4.69) is 51.7 Å². The van der Waals surface area contributed by atoms with Crippen molar-refractivity contribution in [3.8, 4) is 0 Å². The molecule has 26 heavy (non-hydrogen) atoms. The fourth-order valence-electron chi connectivity index (χ4n) is 3.85. The fourth-order valence-corrected chi connectivity index (χ4v) is 3.85. The highest BCUT2D eigenvalue weighted by Crippen LogP contribution is 2.19. The lowest BCUT2D eigenvalue weighted by Crippen LogP contribution is -2.43. The number of halogens is 1. The molecule has 1 heterocycles. The van der Waals surface area contributed by atoms with Crippen molar-refractivity contribution in [1.29, 1.82) is 0 Å². The molecule has 5 nitrogen and oxygen atoms in total. The first-order valence-electron chi connectivity index (χ1n) is 9.76. The van der Waals surface area contributed by atoms with Crippen molar-refractivity contribution in [2.75, 3.05) is 26.2 Å². The maximum Gasteiger partial charge on any atom is 0.191 e. The van der Waals surface area contributed by atoms with Gasteiger partial charge in [0, 0.05) is 32.2 Å². The van der Waals surface area contributed by atoms with Crippen molar-refractivity contribution in [3.05, 3.63) is 35.4 Å². The van der Waals surface area contributed by atoms with Crippen LogP contribution in [-0.4, -0.2) is 54.3 Å². The molecular formula is C20H33IN4O. The van der Waals surface area contributed by atoms with E-state index in [1.54, 1.807) is 0 Å². The Kier molecular flexibility index (Phi) is 9.15. The van der Waals surface area contributed by atoms with E-state index in [4.69, 9.17) is 0 Å². The van der Waals surface area contributed by atoms with Gasteiger partial charge in [-0.05, 0) is 37.3 Å². The van der Waals surface area contributed by atoms with Gasteiger partial charge in [-0.2, -0.15) is 0 Å². The third-order valence-corrected chi connectivity index (χ3v) is 5.18. The van der Waals surface area contributed by atoms with Gasteiger partial charge in [-0.25, -0.2) is 0 Å². The second-order valence-corrected chi connectivity index (χ2v) is 7.25. The molecule has 1 aliphatic carbocycles. The zero-order valence-electron chi connectivity index (χ0n) is 15.8. The topological polar surface area (TPSA) is 59.9 Å². The lowest BCUT2D eigenvalue weighted by molar-refractivity contribution is 0.111. The molecule has 0 saturated heterocycles. The molecular weight excluding hydrogens is 439 g/mol. The number of aliphatic imine (C=N–C) groups is 1. The molecule has 1 aromatic carbocycles. The summed E-state index contributed by atoms with van der Waals surface area (Å²) in [5, 5.41) is 17.2. The number of hydrogen-bond donors (Lipinski definition) is 3. The smallest absolute Gasteiger partial charge is 0.191 e. The highest BCUT2D eigenvalue weighted by atomic mass is 127. The first-order valence-corrected chi connectivity index (χ1v) is 9.76. The van der Waals surface area contributed by atoms with Crippen LogP contribution < -0.4 is 10.6 Å². The van der Waals surface area contributed by atoms with Crippen LogP contribution in [-0.2, 0) is 13.0 Å². The number of hydrogen-bond acceptors (Lipinski definition) is 3. The summed E-state index contributed by atoms with van der Waals surface area (Å²) in [6.45, 7) is 5.99. The Morgan fingerprint density at radius 2 is 2.00 bits per heavy atom. The Balaban J connectivity index is 0.00000243. The predicted octanol–water partition coefficient (Wildman–Crippen LogP) is 2.52. The Morgan fingerprint density at radius 3 is 2.73 bits per heavy atom. The van der Waals surface area contributed by atoms with E-state index in [-0.39, 0.29) is 24.0 Å². The van der Waals surface area contributed by atoms with E-state index >= 15 is 0 Å².